The molecule has 0 N–H and O–H groups in total. The third kappa shape index (κ3) is 3.52. The fourth-order valence-corrected chi connectivity index (χ4v) is 4.27. The third-order valence-electron chi connectivity index (χ3n) is 4.23. The van der Waals surface area contributed by atoms with Gasteiger partial charge in [-0.2, -0.15) is 4.68 Å². The first-order chi connectivity index (χ1) is 13.8. The first-order valence-electron chi connectivity index (χ1n) is 8.64. The highest BCUT2D eigenvalue weighted by Crippen LogP contribution is 2.28. The summed E-state index contributed by atoms with van der Waals surface area (Å²) in [6, 6.07) is 27.1. The Morgan fingerprint density at radius 1 is 0.821 bits per heavy atom. The van der Waals surface area contributed by atoms with Gasteiger partial charge in [-0.3, -0.25) is 4.79 Å². The first-order valence-corrected chi connectivity index (χ1v) is 9.85. The van der Waals surface area contributed by atoms with Gasteiger partial charge in [0.05, 0.1) is 5.69 Å². The first kappa shape index (κ1) is 17.9. The molecule has 3 aromatic carbocycles. The van der Waals surface area contributed by atoms with Crippen LogP contribution in [0.3, 0.4) is 0 Å². The molecule has 0 aliphatic heterocycles. The van der Waals surface area contributed by atoms with Crippen molar-refractivity contribution in [1.82, 2.24) is 20.2 Å². The Labute approximate surface area is 164 Å². The summed E-state index contributed by atoms with van der Waals surface area (Å²) in [6.07, 6.45) is 0. The van der Waals surface area contributed by atoms with Gasteiger partial charge in [-0.15, -0.1) is 0 Å². The molecule has 0 bridgehead atoms. The minimum Gasteiger partial charge on any atom is -0.292 e. The second-order valence-electron chi connectivity index (χ2n) is 6.03. The van der Waals surface area contributed by atoms with Crippen LogP contribution >= 0.6 is 0 Å². The van der Waals surface area contributed by atoms with E-state index in [2.05, 4.69) is 15.5 Å². The summed E-state index contributed by atoms with van der Waals surface area (Å²) < 4.78 is 14.9. The van der Waals surface area contributed by atoms with Crippen molar-refractivity contribution in [2.24, 2.45) is 0 Å². The van der Waals surface area contributed by atoms with Gasteiger partial charge in [0.15, 0.2) is 5.78 Å². The summed E-state index contributed by atoms with van der Waals surface area (Å²) in [5, 5.41) is 10.8. The van der Waals surface area contributed by atoms with Gasteiger partial charge in [-0.1, -0.05) is 84.0 Å². The van der Waals surface area contributed by atoms with Gasteiger partial charge in [0, 0.05) is 5.56 Å². The molecule has 0 saturated carbocycles. The molecule has 0 aliphatic carbocycles. The van der Waals surface area contributed by atoms with Gasteiger partial charge in [0.2, 0.25) is 5.16 Å². The number of ketones is 1. The third-order valence-corrected chi connectivity index (χ3v) is 5.76. The summed E-state index contributed by atoms with van der Waals surface area (Å²) in [6.45, 7) is 0. The molecule has 138 valence electrons. The average molecular weight is 388 g/mol. The van der Waals surface area contributed by atoms with Crippen LogP contribution in [0.4, 0.5) is 0 Å². The molecule has 0 aliphatic rings. The zero-order chi connectivity index (χ0) is 19.3. The van der Waals surface area contributed by atoms with Crippen LogP contribution in [0.5, 0.6) is 0 Å². The van der Waals surface area contributed by atoms with Crippen LogP contribution in [0.25, 0.3) is 5.69 Å². The van der Waals surface area contributed by atoms with Gasteiger partial charge in [-0.05, 0) is 28.1 Å². The van der Waals surface area contributed by atoms with E-state index in [1.807, 2.05) is 54.6 Å². The highest BCUT2D eigenvalue weighted by atomic mass is 32.2. The van der Waals surface area contributed by atoms with E-state index in [1.165, 1.54) is 4.68 Å². The predicted molar refractivity (Wildman–Crippen MR) is 106 cm³/mol. The number of para-hydroxylation sites is 1. The van der Waals surface area contributed by atoms with Gasteiger partial charge < -0.3 is 0 Å². The number of hydrogen-bond donors (Lipinski definition) is 0. The molecule has 0 amide bonds. The number of nitrogens with zero attached hydrogens (tertiary/aromatic N) is 4. The van der Waals surface area contributed by atoms with Crippen molar-refractivity contribution < 1.29 is 9.00 Å². The summed E-state index contributed by atoms with van der Waals surface area (Å²) in [7, 11) is -1.81. The van der Waals surface area contributed by atoms with Gasteiger partial charge in [-0.25, -0.2) is 4.21 Å². The van der Waals surface area contributed by atoms with Crippen LogP contribution in [0.2, 0.25) is 0 Å². The van der Waals surface area contributed by atoms with Crippen LogP contribution in [-0.2, 0) is 10.8 Å². The van der Waals surface area contributed by atoms with Crippen LogP contribution in [-0.4, -0.2) is 30.2 Å². The van der Waals surface area contributed by atoms with E-state index in [1.54, 1.807) is 36.4 Å². The lowest BCUT2D eigenvalue weighted by molar-refractivity contribution is 0.0988. The fraction of sp³-hybridized carbons (Fsp3) is 0.0476. The van der Waals surface area contributed by atoms with Crippen molar-refractivity contribution in [3.63, 3.8) is 0 Å². The number of carbonyl (C=O) groups is 1. The van der Waals surface area contributed by atoms with Crippen LogP contribution in [0.1, 0.15) is 21.2 Å². The van der Waals surface area contributed by atoms with Gasteiger partial charge in [0.1, 0.15) is 16.0 Å². The lowest BCUT2D eigenvalue weighted by atomic mass is 10.0. The van der Waals surface area contributed by atoms with E-state index in [4.69, 9.17) is 0 Å². The molecule has 2 atom stereocenters. The highest BCUT2D eigenvalue weighted by Gasteiger charge is 2.32. The molecule has 1 aromatic heterocycles. The molecule has 0 spiro atoms. The van der Waals surface area contributed by atoms with E-state index in [0.29, 0.717) is 16.8 Å². The van der Waals surface area contributed by atoms with Crippen molar-refractivity contribution in [3.8, 4) is 5.69 Å². The quantitative estimate of drug-likeness (QED) is 0.473. The van der Waals surface area contributed by atoms with Gasteiger partial charge in [0.25, 0.3) is 0 Å². The maximum atomic E-state index is 13.5. The second-order valence-corrected chi connectivity index (χ2v) is 7.46. The molecule has 4 aromatic rings. The number of tetrazole rings is 1. The van der Waals surface area contributed by atoms with E-state index in [9.17, 15) is 9.00 Å². The van der Waals surface area contributed by atoms with Crippen molar-refractivity contribution in [2.75, 3.05) is 0 Å². The molecule has 6 nitrogen and oxygen atoms in total. The lowest BCUT2D eigenvalue weighted by Gasteiger charge is -2.16. The average Bonchev–Trinajstić information content (AvgIpc) is 3.26. The number of aromatic nitrogens is 4. The number of hydrogen-bond acceptors (Lipinski definition) is 5. The van der Waals surface area contributed by atoms with Crippen LogP contribution < -0.4 is 0 Å². The maximum absolute atomic E-state index is 13.5. The smallest absolute Gasteiger partial charge is 0.245 e. The maximum Gasteiger partial charge on any atom is 0.245 e. The zero-order valence-corrected chi connectivity index (χ0v) is 15.6. The Morgan fingerprint density at radius 2 is 1.39 bits per heavy atom. The number of benzene rings is 3. The summed E-state index contributed by atoms with van der Waals surface area (Å²) in [4.78, 5) is 13.3. The van der Waals surface area contributed by atoms with E-state index in [-0.39, 0.29) is 10.9 Å². The normalized spacial score (nSPS) is 13.0. The largest absolute Gasteiger partial charge is 0.292 e. The Kier molecular flexibility index (Phi) is 5.16. The van der Waals surface area contributed by atoms with Crippen molar-refractivity contribution >= 4 is 16.6 Å². The number of carbonyl (C=O) groups excluding carboxylic acids is 1. The van der Waals surface area contributed by atoms with Crippen molar-refractivity contribution in [1.29, 1.82) is 0 Å². The number of rotatable bonds is 6. The fourth-order valence-electron chi connectivity index (χ4n) is 2.89. The molecule has 2 unspecified atom stereocenters. The SMILES string of the molecule is O=C(c1ccccc1)C(c1ccccc1)S(=O)c1nnnn1-c1ccccc1. The van der Waals surface area contributed by atoms with E-state index in [0.717, 1.165) is 0 Å². The lowest BCUT2D eigenvalue weighted by Crippen LogP contribution is -2.21. The highest BCUT2D eigenvalue weighted by molar-refractivity contribution is 7.86. The van der Waals surface area contributed by atoms with E-state index < -0.39 is 16.0 Å². The van der Waals surface area contributed by atoms with Gasteiger partial charge >= 0.3 is 0 Å². The molecule has 0 fully saturated rings. The predicted octanol–water partition coefficient (Wildman–Crippen LogP) is 3.39. The molecule has 4 rings (SSSR count). The van der Waals surface area contributed by atoms with Crippen LogP contribution in [0.15, 0.2) is 96.2 Å². The Morgan fingerprint density at radius 3 is 2.04 bits per heavy atom. The molecule has 28 heavy (non-hydrogen) atoms. The summed E-state index contributed by atoms with van der Waals surface area (Å²) in [5.74, 6) is -0.243. The van der Waals surface area contributed by atoms with Crippen molar-refractivity contribution in [3.05, 3.63) is 102 Å². The van der Waals surface area contributed by atoms with Crippen LogP contribution in [0, 0.1) is 0 Å². The molecular weight excluding hydrogens is 372 g/mol. The number of Topliss-reactive ketones (excluding diaryl/α,β-unsaturated/α-hetero) is 1. The van der Waals surface area contributed by atoms with E-state index >= 15 is 0 Å². The van der Waals surface area contributed by atoms with Crippen molar-refractivity contribution in [2.45, 2.75) is 10.4 Å². The Balaban J connectivity index is 1.79. The minimum absolute atomic E-state index is 0.129. The molecule has 1 heterocycles. The monoisotopic (exact) mass is 388 g/mol. The molecule has 7 heteroatoms. The minimum atomic E-state index is -1.81. The summed E-state index contributed by atoms with van der Waals surface area (Å²) in [5.41, 5.74) is 1.82. The Hall–Kier alpha value is -3.45. The molecular formula is C21H16N4O2S. The second kappa shape index (κ2) is 8.06. The topological polar surface area (TPSA) is 77.7 Å². The Bertz CT molecular complexity index is 1100. The summed E-state index contributed by atoms with van der Waals surface area (Å²) >= 11 is 0. The molecule has 0 radical (unpaired) electrons. The standard InChI is InChI=1S/C21H16N4O2S/c26-19(16-10-4-1-5-11-16)20(17-12-6-2-7-13-17)28(27)21-22-23-24-25(21)18-14-8-3-9-15-18/h1-15,20H. The zero-order valence-electron chi connectivity index (χ0n) is 14.8. The molecule has 0 saturated heterocycles.